The van der Waals surface area contributed by atoms with Crippen LogP contribution < -0.4 is 15.4 Å². The van der Waals surface area contributed by atoms with E-state index in [0.717, 1.165) is 42.5 Å². The van der Waals surface area contributed by atoms with Crippen LogP contribution in [0.5, 0.6) is 5.75 Å². The maximum Gasteiger partial charge on any atom is 0.225 e. The van der Waals surface area contributed by atoms with Crippen LogP contribution in [0.2, 0.25) is 0 Å². The number of thiocarbonyl (C=S) groups is 1. The molecule has 1 aromatic carbocycles. The number of benzene rings is 1. The van der Waals surface area contributed by atoms with Crippen molar-refractivity contribution in [2.45, 2.75) is 33.1 Å². The van der Waals surface area contributed by atoms with E-state index in [1.165, 1.54) is 0 Å². The van der Waals surface area contributed by atoms with Crippen LogP contribution in [0.3, 0.4) is 0 Å². The maximum atomic E-state index is 12.8. The molecule has 144 valence electrons. The summed E-state index contributed by atoms with van der Waals surface area (Å²) in [5.74, 6) is 1.54. The van der Waals surface area contributed by atoms with Gasteiger partial charge in [-0.2, -0.15) is 0 Å². The smallest absolute Gasteiger partial charge is 0.225 e. The number of nitrogens with zero attached hydrogens (tertiary/aromatic N) is 1. The minimum absolute atomic E-state index is 0.104. The molecule has 0 aliphatic carbocycles. The number of hydrogen-bond acceptors (Lipinski definition) is 3. The average molecular weight is 378 g/mol. The highest BCUT2D eigenvalue weighted by atomic mass is 32.1. The van der Waals surface area contributed by atoms with Crippen molar-refractivity contribution in [2.75, 3.05) is 33.3 Å². The van der Waals surface area contributed by atoms with E-state index < -0.39 is 0 Å². The van der Waals surface area contributed by atoms with Crippen molar-refractivity contribution in [3.8, 4) is 5.75 Å². The van der Waals surface area contributed by atoms with Crippen molar-refractivity contribution < 1.29 is 9.53 Å². The van der Waals surface area contributed by atoms with Gasteiger partial charge in [0.1, 0.15) is 5.75 Å². The third-order valence-electron chi connectivity index (χ3n) is 4.84. The van der Waals surface area contributed by atoms with Gasteiger partial charge in [-0.05, 0) is 49.2 Å². The fourth-order valence-corrected chi connectivity index (χ4v) is 3.60. The first-order chi connectivity index (χ1) is 12.5. The summed E-state index contributed by atoms with van der Waals surface area (Å²) in [6.07, 6.45) is 0.991. The second-order valence-corrected chi connectivity index (χ2v) is 7.59. The van der Waals surface area contributed by atoms with Crippen LogP contribution in [0.15, 0.2) is 24.3 Å². The molecule has 0 bridgehead atoms. The Morgan fingerprint density at radius 1 is 1.27 bits per heavy atom. The zero-order chi connectivity index (χ0) is 19.1. The summed E-state index contributed by atoms with van der Waals surface area (Å²) in [6.45, 7) is 9.26. The van der Waals surface area contributed by atoms with Crippen LogP contribution in [0.25, 0.3) is 0 Å². The summed E-state index contributed by atoms with van der Waals surface area (Å²) in [7, 11) is 1.66. The van der Waals surface area contributed by atoms with Crippen LogP contribution in [-0.2, 0) is 4.79 Å². The number of nitrogens with one attached hydrogen (secondary N) is 2. The lowest BCUT2D eigenvalue weighted by Gasteiger charge is -2.19. The molecule has 1 aliphatic rings. The van der Waals surface area contributed by atoms with Gasteiger partial charge in [-0.15, -0.1) is 0 Å². The molecule has 5 nitrogen and oxygen atoms in total. The molecule has 2 rings (SSSR count). The lowest BCUT2D eigenvalue weighted by Crippen LogP contribution is -2.40. The summed E-state index contributed by atoms with van der Waals surface area (Å²) in [5, 5.41) is 7.04. The maximum absolute atomic E-state index is 12.8. The summed E-state index contributed by atoms with van der Waals surface area (Å²) in [4.78, 5) is 14.9. The van der Waals surface area contributed by atoms with E-state index >= 15 is 0 Å². The van der Waals surface area contributed by atoms with E-state index in [2.05, 4.69) is 41.5 Å². The second-order valence-electron chi connectivity index (χ2n) is 7.20. The summed E-state index contributed by atoms with van der Waals surface area (Å²) in [5.41, 5.74) is 1.15. The van der Waals surface area contributed by atoms with E-state index in [9.17, 15) is 4.79 Å². The standard InChI is InChI=1S/C20H31N3O2S/c1-5-21-20(26)23-12-17(15-6-8-16(25-4)9-7-15)18(13-23)19(24)22-11-10-14(2)3/h6-9,14,17-18H,5,10-13H2,1-4H3,(H,21,26)(H,22,24). The number of hydrogen-bond donors (Lipinski definition) is 2. The lowest BCUT2D eigenvalue weighted by atomic mass is 9.88. The van der Waals surface area contributed by atoms with Crippen molar-refractivity contribution in [3.63, 3.8) is 0 Å². The van der Waals surface area contributed by atoms with Gasteiger partial charge in [-0.25, -0.2) is 0 Å². The molecule has 2 N–H and O–H groups in total. The highest BCUT2D eigenvalue weighted by molar-refractivity contribution is 7.80. The molecular formula is C20H31N3O2S. The van der Waals surface area contributed by atoms with Crippen LogP contribution in [0, 0.1) is 11.8 Å². The van der Waals surface area contributed by atoms with E-state index in [4.69, 9.17) is 17.0 Å². The zero-order valence-electron chi connectivity index (χ0n) is 16.2. The topological polar surface area (TPSA) is 53.6 Å². The molecule has 0 radical (unpaired) electrons. The molecule has 1 aliphatic heterocycles. The minimum Gasteiger partial charge on any atom is -0.497 e. The highest BCUT2D eigenvalue weighted by Gasteiger charge is 2.39. The third-order valence-corrected chi connectivity index (χ3v) is 5.24. The minimum atomic E-state index is -0.104. The molecule has 1 aromatic rings. The van der Waals surface area contributed by atoms with Crippen LogP contribution in [0.4, 0.5) is 0 Å². The highest BCUT2D eigenvalue weighted by Crippen LogP contribution is 2.33. The molecule has 0 saturated carbocycles. The normalized spacial score (nSPS) is 19.5. The van der Waals surface area contributed by atoms with Crippen LogP contribution in [-0.4, -0.2) is 49.2 Å². The Balaban J connectivity index is 2.13. The van der Waals surface area contributed by atoms with Crippen LogP contribution in [0.1, 0.15) is 38.7 Å². The van der Waals surface area contributed by atoms with E-state index in [-0.39, 0.29) is 17.7 Å². The number of methoxy groups -OCH3 is 1. The van der Waals surface area contributed by atoms with Crippen molar-refractivity contribution in [1.29, 1.82) is 0 Å². The number of likely N-dealkylation sites (tertiary alicyclic amines) is 1. The fourth-order valence-electron chi connectivity index (χ4n) is 3.30. The first kappa shape index (κ1) is 20.5. The van der Waals surface area contributed by atoms with E-state index in [0.29, 0.717) is 12.5 Å². The number of ether oxygens (including phenoxy) is 1. The number of amides is 1. The zero-order valence-corrected chi connectivity index (χ0v) is 17.1. The second kappa shape index (κ2) is 9.76. The van der Waals surface area contributed by atoms with Gasteiger partial charge >= 0.3 is 0 Å². The lowest BCUT2D eigenvalue weighted by molar-refractivity contribution is -0.124. The molecule has 0 aromatic heterocycles. The van der Waals surface area contributed by atoms with Gasteiger partial charge in [-0.3, -0.25) is 4.79 Å². The van der Waals surface area contributed by atoms with Crippen molar-refractivity contribution in [3.05, 3.63) is 29.8 Å². The van der Waals surface area contributed by atoms with Gasteiger partial charge in [0.2, 0.25) is 5.91 Å². The summed E-state index contributed by atoms with van der Waals surface area (Å²) < 4.78 is 5.25. The molecule has 0 spiro atoms. The Bertz CT molecular complexity index is 604. The molecule has 26 heavy (non-hydrogen) atoms. The van der Waals surface area contributed by atoms with Gasteiger partial charge in [-0.1, -0.05) is 26.0 Å². The van der Waals surface area contributed by atoms with Gasteiger partial charge in [0.05, 0.1) is 13.0 Å². The van der Waals surface area contributed by atoms with Crippen molar-refractivity contribution in [1.82, 2.24) is 15.5 Å². The summed E-state index contributed by atoms with van der Waals surface area (Å²) >= 11 is 5.48. The monoisotopic (exact) mass is 377 g/mol. The molecule has 1 fully saturated rings. The molecular weight excluding hydrogens is 346 g/mol. The van der Waals surface area contributed by atoms with Gasteiger partial charge in [0.15, 0.2) is 5.11 Å². The predicted molar refractivity (Wildman–Crippen MR) is 110 cm³/mol. The number of carbonyl (C=O) groups is 1. The van der Waals surface area contributed by atoms with Crippen molar-refractivity contribution >= 4 is 23.2 Å². The Kier molecular flexibility index (Phi) is 7.69. The predicted octanol–water partition coefficient (Wildman–Crippen LogP) is 2.77. The molecule has 2 atom stereocenters. The Morgan fingerprint density at radius 2 is 1.96 bits per heavy atom. The summed E-state index contributed by atoms with van der Waals surface area (Å²) in [6, 6.07) is 8.01. The van der Waals surface area contributed by atoms with Gasteiger partial charge in [0.25, 0.3) is 0 Å². The molecule has 1 heterocycles. The largest absolute Gasteiger partial charge is 0.497 e. The molecule has 6 heteroatoms. The number of rotatable bonds is 7. The first-order valence-corrected chi connectivity index (χ1v) is 9.81. The SMILES string of the molecule is CCNC(=S)N1CC(C(=O)NCCC(C)C)C(c2ccc(OC)cc2)C1. The molecule has 1 amide bonds. The van der Waals surface area contributed by atoms with Crippen molar-refractivity contribution in [2.24, 2.45) is 11.8 Å². The third kappa shape index (κ3) is 5.34. The Labute approximate surface area is 162 Å². The van der Waals surface area contributed by atoms with Gasteiger partial charge < -0.3 is 20.3 Å². The number of carbonyl (C=O) groups excluding carboxylic acids is 1. The first-order valence-electron chi connectivity index (χ1n) is 9.40. The van der Waals surface area contributed by atoms with E-state index in [1.54, 1.807) is 7.11 Å². The van der Waals surface area contributed by atoms with E-state index in [1.807, 2.05) is 19.1 Å². The molecule has 1 saturated heterocycles. The Morgan fingerprint density at radius 3 is 2.54 bits per heavy atom. The molecule has 2 unspecified atom stereocenters. The average Bonchev–Trinajstić information content (AvgIpc) is 3.07. The fraction of sp³-hybridized carbons (Fsp3) is 0.600. The van der Waals surface area contributed by atoms with Gasteiger partial charge in [0, 0.05) is 32.1 Å². The quantitative estimate of drug-likeness (QED) is 0.716. The Hall–Kier alpha value is -1.82. The van der Waals surface area contributed by atoms with Crippen LogP contribution >= 0.6 is 12.2 Å².